The monoisotopic (exact) mass is 219 g/mol. The smallest absolute Gasteiger partial charge is 0.338 e. The van der Waals surface area contributed by atoms with Crippen LogP contribution in [0.3, 0.4) is 0 Å². The van der Waals surface area contributed by atoms with Gasteiger partial charge in [0.05, 0.1) is 15.1 Å². The number of aromatic nitrogens is 1. The first-order valence-electron chi connectivity index (χ1n) is 4.88. The van der Waals surface area contributed by atoms with Crippen LogP contribution < -0.4 is 5.32 Å². The molecule has 0 aliphatic carbocycles. The minimum Gasteiger partial charge on any atom is -0.478 e. The number of nitrogens with zero attached hydrogens (tertiary/aromatic N) is 1. The van der Waals surface area contributed by atoms with Crippen LogP contribution in [0.4, 0.5) is 0 Å². The van der Waals surface area contributed by atoms with Gasteiger partial charge >= 0.3 is 5.97 Å². The Morgan fingerprint density at radius 2 is 2.47 bits per heavy atom. The molecule has 0 atom stereocenters. The maximum atomic E-state index is 11.1. The Bertz CT molecular complexity index is 410. The lowest BCUT2D eigenvalue weighted by Crippen LogP contribution is -2.27. The first-order chi connectivity index (χ1) is 7.20. The molecular formula is C11H13NO2Si. The van der Waals surface area contributed by atoms with E-state index in [0.29, 0.717) is 5.56 Å². The maximum absolute atomic E-state index is 11.1. The van der Waals surface area contributed by atoms with E-state index < -0.39 is 15.5 Å². The highest BCUT2D eigenvalue weighted by Gasteiger charge is 2.14. The SMILES string of the molecule is C#Cc1ccnc([SiH2]CCC)c1C(=O)O. The molecule has 1 heterocycles. The van der Waals surface area contributed by atoms with Crippen LogP contribution in [0.15, 0.2) is 12.3 Å². The molecule has 1 rings (SSSR count). The molecule has 4 heteroatoms. The van der Waals surface area contributed by atoms with Gasteiger partial charge in [-0.1, -0.05) is 25.3 Å². The highest BCUT2D eigenvalue weighted by Crippen LogP contribution is 2.03. The summed E-state index contributed by atoms with van der Waals surface area (Å²) in [5.41, 5.74) is 0.677. The number of rotatable bonds is 4. The van der Waals surface area contributed by atoms with Gasteiger partial charge in [0.2, 0.25) is 0 Å². The molecule has 3 nitrogen and oxygen atoms in total. The summed E-state index contributed by atoms with van der Waals surface area (Å²) >= 11 is 0. The summed E-state index contributed by atoms with van der Waals surface area (Å²) in [6, 6.07) is 2.63. The highest BCUT2D eigenvalue weighted by atomic mass is 28.2. The topological polar surface area (TPSA) is 50.2 Å². The Kier molecular flexibility index (Phi) is 4.07. The van der Waals surface area contributed by atoms with Crippen molar-refractivity contribution in [3.8, 4) is 12.3 Å². The van der Waals surface area contributed by atoms with Gasteiger partial charge in [-0.15, -0.1) is 6.42 Å². The largest absolute Gasteiger partial charge is 0.478 e. The number of carboxylic acid groups (broad SMARTS) is 1. The van der Waals surface area contributed by atoms with Crippen molar-refractivity contribution in [3.05, 3.63) is 23.4 Å². The van der Waals surface area contributed by atoms with E-state index in [2.05, 4.69) is 17.8 Å². The lowest BCUT2D eigenvalue weighted by Gasteiger charge is -2.05. The predicted molar refractivity (Wildman–Crippen MR) is 62.4 cm³/mol. The second-order valence-electron chi connectivity index (χ2n) is 3.23. The summed E-state index contributed by atoms with van der Waals surface area (Å²) in [6.45, 7) is 2.08. The third-order valence-electron chi connectivity index (χ3n) is 2.17. The summed E-state index contributed by atoms with van der Waals surface area (Å²) in [7, 11) is -0.601. The van der Waals surface area contributed by atoms with E-state index in [1.807, 2.05) is 0 Å². The van der Waals surface area contributed by atoms with Crippen LogP contribution in [0.25, 0.3) is 0 Å². The maximum Gasteiger partial charge on any atom is 0.338 e. The Labute approximate surface area is 91.4 Å². The molecule has 0 aliphatic rings. The molecule has 1 N–H and O–H groups in total. The second kappa shape index (κ2) is 5.32. The van der Waals surface area contributed by atoms with Crippen molar-refractivity contribution in [2.45, 2.75) is 19.4 Å². The molecule has 15 heavy (non-hydrogen) atoms. The first kappa shape index (κ1) is 11.5. The third kappa shape index (κ3) is 2.67. The summed E-state index contributed by atoms with van der Waals surface area (Å²) in [4.78, 5) is 15.2. The fourth-order valence-electron chi connectivity index (χ4n) is 1.40. The summed E-state index contributed by atoms with van der Waals surface area (Å²) in [5.74, 6) is 1.43. The summed E-state index contributed by atoms with van der Waals surface area (Å²) in [6.07, 6.45) is 7.92. The zero-order chi connectivity index (χ0) is 11.3. The third-order valence-corrected chi connectivity index (χ3v) is 4.24. The van der Waals surface area contributed by atoms with Gasteiger partial charge < -0.3 is 5.11 Å². The molecule has 0 spiro atoms. The molecule has 0 bridgehead atoms. The molecule has 0 aromatic carbocycles. The number of terminal acetylenes is 1. The molecule has 1 aromatic heterocycles. The number of carboxylic acids is 1. The van der Waals surface area contributed by atoms with Gasteiger partial charge in [-0.2, -0.15) is 0 Å². The van der Waals surface area contributed by atoms with E-state index in [0.717, 1.165) is 17.8 Å². The van der Waals surface area contributed by atoms with Crippen LogP contribution in [-0.4, -0.2) is 25.6 Å². The molecule has 0 saturated carbocycles. The van der Waals surface area contributed by atoms with Gasteiger partial charge in [-0.25, -0.2) is 4.79 Å². The summed E-state index contributed by atoms with van der Waals surface area (Å²) < 4.78 is 0. The molecule has 78 valence electrons. The van der Waals surface area contributed by atoms with Crippen molar-refractivity contribution in [1.82, 2.24) is 4.98 Å². The van der Waals surface area contributed by atoms with Crippen LogP contribution in [0, 0.1) is 12.3 Å². The van der Waals surface area contributed by atoms with Crippen molar-refractivity contribution < 1.29 is 9.90 Å². The highest BCUT2D eigenvalue weighted by molar-refractivity contribution is 6.54. The normalized spacial score (nSPS) is 10.4. The van der Waals surface area contributed by atoms with E-state index in [-0.39, 0.29) is 5.56 Å². The second-order valence-corrected chi connectivity index (χ2v) is 5.11. The lowest BCUT2D eigenvalue weighted by molar-refractivity contribution is 0.0697. The Morgan fingerprint density at radius 1 is 1.73 bits per heavy atom. The van der Waals surface area contributed by atoms with Crippen LogP contribution >= 0.6 is 0 Å². The van der Waals surface area contributed by atoms with Crippen molar-refractivity contribution in [2.24, 2.45) is 0 Å². The quantitative estimate of drug-likeness (QED) is 0.588. The first-order valence-corrected chi connectivity index (χ1v) is 6.59. The standard InChI is InChI=1S/C11H13NO2Si/c1-3-7-15-10-9(11(13)14)8(4-2)5-6-12-10/h2,5-6H,3,7,15H2,1H3,(H,13,14). The molecule has 0 amide bonds. The minimum atomic E-state index is -0.963. The number of hydrogen-bond acceptors (Lipinski definition) is 2. The molecular weight excluding hydrogens is 206 g/mol. The van der Waals surface area contributed by atoms with Crippen molar-refractivity contribution in [1.29, 1.82) is 0 Å². The van der Waals surface area contributed by atoms with Crippen LogP contribution in [0.1, 0.15) is 29.3 Å². The minimum absolute atomic E-state index is 0.236. The van der Waals surface area contributed by atoms with E-state index in [4.69, 9.17) is 11.5 Å². The zero-order valence-corrected chi connectivity index (χ0v) is 10.1. The molecule has 1 aromatic rings. The van der Waals surface area contributed by atoms with Crippen LogP contribution in [0.5, 0.6) is 0 Å². The molecule has 0 saturated heterocycles. The predicted octanol–water partition coefficient (Wildman–Crippen LogP) is 0.383. The molecule has 0 aliphatic heterocycles. The molecule has 0 fully saturated rings. The lowest BCUT2D eigenvalue weighted by atomic mass is 10.1. The van der Waals surface area contributed by atoms with Crippen molar-refractivity contribution >= 4 is 20.8 Å². The molecule has 0 unspecified atom stereocenters. The fraction of sp³-hybridized carbons (Fsp3) is 0.273. The van der Waals surface area contributed by atoms with Crippen LogP contribution in [0.2, 0.25) is 6.04 Å². The van der Waals surface area contributed by atoms with Crippen molar-refractivity contribution in [3.63, 3.8) is 0 Å². The molecule has 0 radical (unpaired) electrons. The zero-order valence-electron chi connectivity index (χ0n) is 8.66. The number of carbonyl (C=O) groups is 1. The van der Waals surface area contributed by atoms with Gasteiger partial charge in [-0.3, -0.25) is 4.98 Å². The average Bonchev–Trinajstić information content (AvgIpc) is 2.25. The van der Waals surface area contributed by atoms with Crippen LogP contribution in [-0.2, 0) is 0 Å². The van der Waals surface area contributed by atoms with Gasteiger partial charge in [0.15, 0.2) is 0 Å². The Hall–Kier alpha value is -1.60. The number of aromatic carboxylic acids is 1. The Balaban J connectivity index is 3.15. The van der Waals surface area contributed by atoms with Gasteiger partial charge in [0.1, 0.15) is 0 Å². The van der Waals surface area contributed by atoms with E-state index in [1.54, 1.807) is 12.3 Å². The average molecular weight is 219 g/mol. The van der Waals surface area contributed by atoms with E-state index in [9.17, 15) is 4.79 Å². The summed E-state index contributed by atoms with van der Waals surface area (Å²) in [5, 5.41) is 9.79. The number of pyridine rings is 1. The van der Waals surface area contributed by atoms with E-state index in [1.165, 1.54) is 0 Å². The van der Waals surface area contributed by atoms with Crippen molar-refractivity contribution in [2.75, 3.05) is 0 Å². The Morgan fingerprint density at radius 3 is 3.00 bits per heavy atom. The van der Waals surface area contributed by atoms with Gasteiger partial charge in [0, 0.05) is 17.1 Å². The van der Waals surface area contributed by atoms with Gasteiger partial charge in [0.25, 0.3) is 0 Å². The number of hydrogen-bond donors (Lipinski definition) is 1. The fourth-order valence-corrected chi connectivity index (χ4v) is 2.91. The van der Waals surface area contributed by atoms with Gasteiger partial charge in [-0.05, 0) is 6.07 Å². The van der Waals surface area contributed by atoms with E-state index >= 15 is 0 Å².